The van der Waals surface area contributed by atoms with Crippen molar-refractivity contribution in [3.63, 3.8) is 0 Å². The molecule has 0 amide bonds. The smallest absolute Gasteiger partial charge is 0.0636 e. The number of nitrogens with one attached hydrogen (secondary N) is 1. The number of rotatable bonds is 5. The molecule has 14 heavy (non-hydrogen) atoms. The zero-order valence-electron chi connectivity index (χ0n) is 8.53. The second-order valence-electron chi connectivity index (χ2n) is 3.14. The Morgan fingerprint density at radius 3 is 2.86 bits per heavy atom. The monoisotopic (exact) mass is 188 g/mol. The van der Waals surface area contributed by atoms with Gasteiger partial charge >= 0.3 is 0 Å². The van der Waals surface area contributed by atoms with Crippen molar-refractivity contribution in [3.05, 3.63) is 35.4 Å². The van der Waals surface area contributed by atoms with Crippen molar-refractivity contribution in [3.8, 4) is 0 Å². The van der Waals surface area contributed by atoms with E-state index in [4.69, 9.17) is 5.41 Å². The molecule has 0 saturated heterocycles. The van der Waals surface area contributed by atoms with Crippen molar-refractivity contribution in [2.45, 2.75) is 26.3 Å². The molecule has 0 radical (unpaired) electrons. The second kappa shape index (κ2) is 6.08. The molecule has 1 rings (SSSR count). The average molecular weight is 188 g/mol. The van der Waals surface area contributed by atoms with Gasteiger partial charge in [-0.25, -0.2) is 0 Å². The van der Waals surface area contributed by atoms with Gasteiger partial charge < -0.3 is 5.41 Å². The number of hydrogen-bond donors (Lipinski definition) is 1. The molecule has 0 atom stereocenters. The van der Waals surface area contributed by atoms with Crippen LogP contribution in [-0.2, 0) is 13.0 Å². The Bertz CT molecular complexity index is 316. The third-order valence-corrected chi connectivity index (χ3v) is 2.03. The quantitative estimate of drug-likeness (QED) is 0.690. The lowest BCUT2D eigenvalue weighted by molar-refractivity contribution is 1.05. The average Bonchev–Trinajstić information content (AvgIpc) is 2.25. The van der Waals surface area contributed by atoms with Gasteiger partial charge in [-0.05, 0) is 17.5 Å². The molecule has 1 aromatic rings. The topological polar surface area (TPSA) is 36.2 Å². The number of hydrogen-bond acceptors (Lipinski definition) is 2. The highest BCUT2D eigenvalue weighted by Crippen LogP contribution is 2.06. The molecule has 2 heteroatoms. The highest BCUT2D eigenvalue weighted by molar-refractivity contribution is 5.77. The summed E-state index contributed by atoms with van der Waals surface area (Å²) in [6.45, 7) is 2.87. The molecular formula is C12H16N2. The number of benzene rings is 1. The molecule has 2 nitrogen and oxygen atoms in total. The van der Waals surface area contributed by atoms with Crippen LogP contribution in [0, 0.1) is 5.41 Å². The van der Waals surface area contributed by atoms with Gasteiger partial charge in [0.2, 0.25) is 0 Å². The molecule has 0 bridgehead atoms. The van der Waals surface area contributed by atoms with E-state index in [0.29, 0.717) is 6.42 Å². The van der Waals surface area contributed by atoms with Crippen LogP contribution in [0.1, 0.15) is 24.5 Å². The van der Waals surface area contributed by atoms with Crippen LogP contribution in [-0.4, -0.2) is 12.4 Å². The summed E-state index contributed by atoms with van der Waals surface area (Å²) in [6, 6.07) is 8.47. The third-order valence-electron chi connectivity index (χ3n) is 2.03. The standard InChI is InChI=1S/C12H16N2/c1-2-11-5-3-6-12(9-11)10-14-8-4-7-13/h3,5-9,13H,2,4,10H2,1H3. The van der Waals surface area contributed by atoms with E-state index in [-0.39, 0.29) is 0 Å². The van der Waals surface area contributed by atoms with E-state index in [0.717, 1.165) is 13.0 Å². The zero-order valence-corrected chi connectivity index (χ0v) is 8.53. The van der Waals surface area contributed by atoms with E-state index in [1.165, 1.54) is 17.3 Å². The lowest BCUT2D eigenvalue weighted by Crippen LogP contribution is -1.86. The first-order chi connectivity index (χ1) is 6.86. The largest absolute Gasteiger partial charge is 0.313 e. The molecule has 74 valence electrons. The van der Waals surface area contributed by atoms with E-state index >= 15 is 0 Å². The van der Waals surface area contributed by atoms with Gasteiger partial charge in [-0.1, -0.05) is 31.2 Å². The molecule has 0 unspecified atom stereocenters. The molecule has 0 fully saturated rings. The normalized spacial score (nSPS) is 10.6. The van der Waals surface area contributed by atoms with Crippen molar-refractivity contribution in [1.29, 1.82) is 5.41 Å². The predicted molar refractivity (Wildman–Crippen MR) is 61.4 cm³/mol. The van der Waals surface area contributed by atoms with Gasteiger partial charge in [0.05, 0.1) is 6.54 Å². The molecule has 1 N–H and O–H groups in total. The van der Waals surface area contributed by atoms with Crippen LogP contribution in [0.25, 0.3) is 0 Å². The highest BCUT2D eigenvalue weighted by Gasteiger charge is 1.91. The molecule has 0 spiro atoms. The summed E-state index contributed by atoms with van der Waals surface area (Å²) in [6.07, 6.45) is 4.84. The SMILES string of the molecule is CCc1cccc(CN=CCC=N)c1. The number of nitrogens with zero attached hydrogens (tertiary/aromatic N) is 1. The van der Waals surface area contributed by atoms with Gasteiger partial charge in [-0.3, -0.25) is 4.99 Å². The highest BCUT2D eigenvalue weighted by atomic mass is 14.7. The minimum Gasteiger partial charge on any atom is -0.313 e. The minimum atomic E-state index is 0.632. The molecule has 0 heterocycles. The number of aryl methyl sites for hydroxylation is 1. The van der Waals surface area contributed by atoms with Crippen LogP contribution in [0.2, 0.25) is 0 Å². The Morgan fingerprint density at radius 2 is 2.14 bits per heavy atom. The second-order valence-corrected chi connectivity index (χ2v) is 3.14. The summed E-state index contributed by atoms with van der Waals surface area (Å²) in [5.41, 5.74) is 2.59. The van der Waals surface area contributed by atoms with Crippen molar-refractivity contribution in [2.24, 2.45) is 4.99 Å². The van der Waals surface area contributed by atoms with E-state index in [9.17, 15) is 0 Å². The van der Waals surface area contributed by atoms with Crippen LogP contribution in [0.4, 0.5) is 0 Å². The van der Waals surface area contributed by atoms with E-state index < -0.39 is 0 Å². The Labute approximate surface area is 85.2 Å². The van der Waals surface area contributed by atoms with Crippen LogP contribution < -0.4 is 0 Å². The van der Waals surface area contributed by atoms with Crippen molar-refractivity contribution >= 4 is 12.4 Å². The van der Waals surface area contributed by atoms with E-state index in [2.05, 4.69) is 36.2 Å². The van der Waals surface area contributed by atoms with E-state index in [1.807, 2.05) is 0 Å². The molecular weight excluding hydrogens is 172 g/mol. The van der Waals surface area contributed by atoms with Crippen LogP contribution in [0.5, 0.6) is 0 Å². The molecule has 0 saturated carbocycles. The molecule has 1 aromatic carbocycles. The Morgan fingerprint density at radius 1 is 1.36 bits per heavy atom. The third kappa shape index (κ3) is 3.52. The Balaban J connectivity index is 2.53. The minimum absolute atomic E-state index is 0.632. The van der Waals surface area contributed by atoms with E-state index in [1.54, 1.807) is 6.21 Å². The van der Waals surface area contributed by atoms with Gasteiger partial charge in [0.25, 0.3) is 0 Å². The summed E-state index contributed by atoms with van der Waals surface area (Å²) in [4.78, 5) is 4.23. The Hall–Kier alpha value is -1.44. The van der Waals surface area contributed by atoms with Crippen molar-refractivity contribution < 1.29 is 0 Å². The fraction of sp³-hybridized carbons (Fsp3) is 0.333. The molecule has 0 aliphatic heterocycles. The first-order valence-electron chi connectivity index (χ1n) is 4.92. The fourth-order valence-electron chi connectivity index (χ4n) is 1.25. The van der Waals surface area contributed by atoms with Crippen LogP contribution >= 0.6 is 0 Å². The lowest BCUT2D eigenvalue weighted by Gasteiger charge is -1.99. The fourth-order valence-corrected chi connectivity index (χ4v) is 1.25. The molecule has 0 aromatic heterocycles. The predicted octanol–water partition coefficient (Wildman–Crippen LogP) is 2.86. The van der Waals surface area contributed by atoms with Gasteiger partial charge in [0.1, 0.15) is 0 Å². The maximum Gasteiger partial charge on any atom is 0.0636 e. The van der Waals surface area contributed by atoms with Crippen LogP contribution in [0.3, 0.4) is 0 Å². The maximum atomic E-state index is 6.83. The van der Waals surface area contributed by atoms with Gasteiger partial charge in [0.15, 0.2) is 0 Å². The summed E-state index contributed by atoms with van der Waals surface area (Å²) in [7, 11) is 0. The van der Waals surface area contributed by atoms with Crippen molar-refractivity contribution in [2.75, 3.05) is 0 Å². The summed E-state index contributed by atoms with van der Waals surface area (Å²) < 4.78 is 0. The zero-order chi connectivity index (χ0) is 10.2. The van der Waals surface area contributed by atoms with Gasteiger partial charge in [0, 0.05) is 18.9 Å². The lowest BCUT2D eigenvalue weighted by atomic mass is 10.1. The van der Waals surface area contributed by atoms with Gasteiger partial charge in [-0.2, -0.15) is 0 Å². The summed E-state index contributed by atoms with van der Waals surface area (Å²) in [5, 5.41) is 6.83. The van der Waals surface area contributed by atoms with Crippen molar-refractivity contribution in [1.82, 2.24) is 0 Å². The molecule has 0 aliphatic rings. The molecule has 0 aliphatic carbocycles. The number of aliphatic imine (C=N–C) groups is 1. The first-order valence-corrected chi connectivity index (χ1v) is 4.92. The Kier molecular flexibility index (Phi) is 4.62. The summed E-state index contributed by atoms with van der Waals surface area (Å²) in [5.74, 6) is 0. The summed E-state index contributed by atoms with van der Waals surface area (Å²) >= 11 is 0. The first kappa shape index (κ1) is 10.6. The van der Waals surface area contributed by atoms with Crippen LogP contribution in [0.15, 0.2) is 29.3 Å². The van der Waals surface area contributed by atoms with Gasteiger partial charge in [-0.15, -0.1) is 0 Å². The maximum absolute atomic E-state index is 6.83.